The van der Waals surface area contributed by atoms with Crippen LogP contribution < -0.4 is 0 Å². The first-order valence-electron chi connectivity index (χ1n) is 5.19. The highest BCUT2D eigenvalue weighted by atomic mass is 14.6. The molecule has 0 fully saturated rings. The predicted molar refractivity (Wildman–Crippen MR) is 59.8 cm³/mol. The first-order valence-corrected chi connectivity index (χ1v) is 5.19. The van der Waals surface area contributed by atoms with Gasteiger partial charge in [0, 0.05) is 12.4 Å². The van der Waals surface area contributed by atoms with Gasteiger partial charge in [0.05, 0.1) is 0 Å². The zero-order valence-corrected chi connectivity index (χ0v) is 8.48. The lowest BCUT2D eigenvalue weighted by atomic mass is 9.92. The average molecular weight is 185 g/mol. The molecule has 2 rings (SSSR count). The van der Waals surface area contributed by atoms with Crippen LogP contribution in [0.1, 0.15) is 25.3 Å². The van der Waals surface area contributed by atoms with Gasteiger partial charge in [0.2, 0.25) is 0 Å². The summed E-state index contributed by atoms with van der Waals surface area (Å²) >= 11 is 0. The van der Waals surface area contributed by atoms with E-state index in [9.17, 15) is 0 Å². The van der Waals surface area contributed by atoms with E-state index < -0.39 is 0 Å². The lowest BCUT2D eigenvalue weighted by Gasteiger charge is -2.13. The van der Waals surface area contributed by atoms with Crippen molar-refractivity contribution >= 4 is 5.57 Å². The maximum absolute atomic E-state index is 4.12. The van der Waals surface area contributed by atoms with E-state index in [0.29, 0.717) is 0 Å². The number of hydrogen-bond acceptors (Lipinski definition) is 1. The van der Waals surface area contributed by atoms with Crippen LogP contribution in [-0.2, 0) is 0 Å². The van der Waals surface area contributed by atoms with Gasteiger partial charge in [-0.25, -0.2) is 0 Å². The molecular formula is C13H15N. The van der Waals surface area contributed by atoms with Crippen LogP contribution in [0.15, 0.2) is 42.8 Å². The minimum atomic E-state index is 0.732. The van der Waals surface area contributed by atoms with Gasteiger partial charge < -0.3 is 0 Å². The zero-order chi connectivity index (χ0) is 9.80. The zero-order valence-electron chi connectivity index (χ0n) is 8.48. The third-order valence-corrected chi connectivity index (χ3v) is 2.71. The Kier molecular flexibility index (Phi) is 2.78. The largest absolute Gasteiger partial charge is 0.264 e. The highest BCUT2D eigenvalue weighted by Gasteiger charge is 2.07. The highest BCUT2D eigenvalue weighted by molar-refractivity contribution is 5.74. The molecule has 0 saturated carbocycles. The first-order chi connectivity index (χ1) is 6.90. The highest BCUT2D eigenvalue weighted by Crippen LogP contribution is 2.24. The summed E-state index contributed by atoms with van der Waals surface area (Å²) in [4.78, 5) is 4.12. The van der Waals surface area contributed by atoms with Crippen LogP contribution in [0.3, 0.4) is 0 Å². The quantitative estimate of drug-likeness (QED) is 0.687. The van der Waals surface area contributed by atoms with Crippen LogP contribution in [-0.4, -0.2) is 4.98 Å². The second kappa shape index (κ2) is 4.23. The van der Waals surface area contributed by atoms with E-state index in [0.717, 1.165) is 12.3 Å². The molecule has 1 heteroatoms. The Morgan fingerprint density at radius 3 is 3.00 bits per heavy atom. The van der Waals surface area contributed by atoms with Crippen LogP contribution in [0.2, 0.25) is 0 Å². The maximum Gasteiger partial charge on any atom is 0.0346 e. The smallest absolute Gasteiger partial charge is 0.0346 e. The molecule has 0 radical (unpaired) electrons. The summed E-state index contributed by atoms with van der Waals surface area (Å²) in [6.45, 7) is 2.23. The summed E-state index contributed by atoms with van der Waals surface area (Å²) < 4.78 is 0. The van der Waals surface area contributed by atoms with Crippen LogP contribution in [0.4, 0.5) is 0 Å². The van der Waals surface area contributed by atoms with Gasteiger partial charge in [-0.2, -0.15) is 0 Å². The predicted octanol–water partition coefficient (Wildman–Crippen LogP) is 3.45. The number of nitrogens with zero attached hydrogens (tertiary/aromatic N) is 1. The summed E-state index contributed by atoms with van der Waals surface area (Å²) in [5.41, 5.74) is 2.53. The maximum atomic E-state index is 4.12. The Balaban J connectivity index is 2.16. The minimum absolute atomic E-state index is 0.732. The lowest BCUT2D eigenvalue weighted by Crippen LogP contribution is -1.97. The van der Waals surface area contributed by atoms with Crippen LogP contribution in [0.5, 0.6) is 0 Å². The molecule has 0 bridgehead atoms. The number of rotatable bonds is 2. The number of aromatic nitrogens is 1. The van der Waals surface area contributed by atoms with E-state index in [4.69, 9.17) is 0 Å². The van der Waals surface area contributed by atoms with Gasteiger partial charge in [0.15, 0.2) is 0 Å². The van der Waals surface area contributed by atoms with Crippen molar-refractivity contribution in [1.29, 1.82) is 0 Å². The van der Waals surface area contributed by atoms with Gasteiger partial charge in [-0.3, -0.25) is 4.98 Å². The third kappa shape index (κ3) is 1.92. The van der Waals surface area contributed by atoms with E-state index in [-0.39, 0.29) is 0 Å². The fraction of sp³-hybridized carbons (Fsp3) is 0.308. The molecular weight excluding hydrogens is 170 g/mol. The van der Waals surface area contributed by atoms with E-state index in [1.807, 2.05) is 18.5 Å². The van der Waals surface area contributed by atoms with Crippen molar-refractivity contribution in [2.45, 2.75) is 19.8 Å². The SMILES string of the molecule is CCC1C=CC(c2cccnc2)=CC1. The fourth-order valence-corrected chi connectivity index (χ4v) is 1.72. The van der Waals surface area contributed by atoms with Crippen molar-refractivity contribution in [3.05, 3.63) is 48.3 Å². The van der Waals surface area contributed by atoms with E-state index in [1.54, 1.807) is 0 Å². The van der Waals surface area contributed by atoms with Crippen molar-refractivity contribution in [1.82, 2.24) is 4.98 Å². The lowest BCUT2D eigenvalue weighted by molar-refractivity contribution is 0.634. The van der Waals surface area contributed by atoms with Gasteiger partial charge in [-0.05, 0) is 36.0 Å². The molecule has 72 valence electrons. The van der Waals surface area contributed by atoms with Crippen molar-refractivity contribution < 1.29 is 0 Å². The van der Waals surface area contributed by atoms with Gasteiger partial charge in [0.1, 0.15) is 0 Å². The summed E-state index contributed by atoms with van der Waals surface area (Å²) in [5, 5.41) is 0. The third-order valence-electron chi connectivity index (χ3n) is 2.71. The van der Waals surface area contributed by atoms with Gasteiger partial charge in [0.25, 0.3) is 0 Å². The van der Waals surface area contributed by atoms with Gasteiger partial charge in [-0.1, -0.05) is 31.2 Å². The number of hydrogen-bond donors (Lipinski definition) is 0. The molecule has 0 amide bonds. The van der Waals surface area contributed by atoms with Crippen LogP contribution in [0.25, 0.3) is 5.57 Å². The van der Waals surface area contributed by atoms with Crippen LogP contribution in [0, 0.1) is 5.92 Å². The standard InChI is InChI=1S/C13H15N/c1-2-11-5-7-12(8-6-11)13-4-3-9-14-10-13/h3-5,7-11H,2,6H2,1H3. The molecule has 0 N–H and O–H groups in total. The summed E-state index contributed by atoms with van der Waals surface area (Å²) in [6, 6.07) is 4.09. The van der Waals surface area contributed by atoms with Crippen molar-refractivity contribution in [3.8, 4) is 0 Å². The first kappa shape index (κ1) is 9.20. The van der Waals surface area contributed by atoms with E-state index in [2.05, 4.69) is 36.2 Å². The molecule has 1 aromatic rings. The fourth-order valence-electron chi connectivity index (χ4n) is 1.72. The van der Waals surface area contributed by atoms with Gasteiger partial charge >= 0.3 is 0 Å². The summed E-state index contributed by atoms with van der Waals surface area (Å²) in [5.74, 6) is 0.732. The summed E-state index contributed by atoms with van der Waals surface area (Å²) in [7, 11) is 0. The Bertz CT molecular complexity index is 349. The molecule has 0 saturated heterocycles. The molecule has 1 heterocycles. The van der Waals surface area contributed by atoms with Crippen LogP contribution >= 0.6 is 0 Å². The normalized spacial score (nSPS) is 20.6. The molecule has 1 aliphatic rings. The molecule has 14 heavy (non-hydrogen) atoms. The Morgan fingerprint density at radius 1 is 1.50 bits per heavy atom. The van der Waals surface area contributed by atoms with Crippen molar-refractivity contribution in [3.63, 3.8) is 0 Å². The average Bonchev–Trinajstić information content (AvgIpc) is 2.30. The molecule has 1 unspecified atom stereocenters. The topological polar surface area (TPSA) is 12.9 Å². The molecule has 1 nitrogen and oxygen atoms in total. The minimum Gasteiger partial charge on any atom is -0.264 e. The molecule has 0 aromatic carbocycles. The number of pyridine rings is 1. The van der Waals surface area contributed by atoms with Gasteiger partial charge in [-0.15, -0.1) is 0 Å². The molecule has 0 aliphatic heterocycles. The van der Waals surface area contributed by atoms with Crippen molar-refractivity contribution in [2.75, 3.05) is 0 Å². The molecule has 1 aromatic heterocycles. The number of allylic oxidation sites excluding steroid dienone is 4. The second-order valence-corrected chi connectivity index (χ2v) is 3.66. The Labute approximate surface area is 85.2 Å². The Hall–Kier alpha value is -1.37. The van der Waals surface area contributed by atoms with Crippen molar-refractivity contribution in [2.24, 2.45) is 5.92 Å². The Morgan fingerprint density at radius 2 is 2.43 bits per heavy atom. The monoisotopic (exact) mass is 185 g/mol. The molecule has 1 atom stereocenters. The summed E-state index contributed by atoms with van der Waals surface area (Å²) in [6.07, 6.45) is 13.0. The molecule has 1 aliphatic carbocycles. The molecule has 0 spiro atoms. The second-order valence-electron chi connectivity index (χ2n) is 3.66. The van der Waals surface area contributed by atoms with E-state index in [1.165, 1.54) is 17.6 Å². The van der Waals surface area contributed by atoms with E-state index >= 15 is 0 Å².